The highest BCUT2D eigenvalue weighted by atomic mass is 19.3. The summed E-state index contributed by atoms with van der Waals surface area (Å²) in [4.78, 5) is 24.5. The molecule has 29 heavy (non-hydrogen) atoms. The maximum absolute atomic E-state index is 12.6. The molecule has 0 atom stereocenters. The fourth-order valence-electron chi connectivity index (χ4n) is 2.61. The summed E-state index contributed by atoms with van der Waals surface area (Å²) in [5, 5.41) is 10.4. The molecule has 0 aliphatic heterocycles. The maximum Gasteiger partial charge on any atom is 0.387 e. The van der Waals surface area contributed by atoms with Gasteiger partial charge in [0.1, 0.15) is 5.75 Å². The average Bonchev–Trinajstić information content (AvgIpc) is 3.09. The van der Waals surface area contributed by atoms with Crippen molar-refractivity contribution in [3.8, 4) is 11.4 Å². The van der Waals surface area contributed by atoms with Crippen molar-refractivity contribution in [2.24, 2.45) is 0 Å². The Labute approximate surface area is 164 Å². The van der Waals surface area contributed by atoms with Crippen molar-refractivity contribution < 1.29 is 27.8 Å². The third kappa shape index (κ3) is 4.37. The molecule has 1 amide bonds. The minimum atomic E-state index is -2.92. The summed E-state index contributed by atoms with van der Waals surface area (Å²) >= 11 is 0. The van der Waals surface area contributed by atoms with Gasteiger partial charge in [0.25, 0.3) is 5.91 Å². The van der Waals surface area contributed by atoms with Gasteiger partial charge < -0.3 is 14.8 Å². The van der Waals surface area contributed by atoms with E-state index in [2.05, 4.69) is 20.4 Å². The summed E-state index contributed by atoms with van der Waals surface area (Å²) in [5.74, 6) is -1.16. The lowest BCUT2D eigenvalue weighted by atomic mass is 10.1. The van der Waals surface area contributed by atoms with E-state index in [0.717, 1.165) is 0 Å². The van der Waals surface area contributed by atoms with Crippen LogP contribution < -0.4 is 10.1 Å². The fraction of sp³-hybridized carbons (Fsp3) is 0.158. The number of hydrogen-bond donors (Lipinski definition) is 1. The molecule has 0 bridgehead atoms. The minimum Gasteiger partial charge on any atom is -0.465 e. The van der Waals surface area contributed by atoms with Gasteiger partial charge in [-0.25, -0.2) is 9.48 Å². The first-order chi connectivity index (χ1) is 13.9. The fourth-order valence-corrected chi connectivity index (χ4v) is 2.61. The number of alkyl halides is 2. The van der Waals surface area contributed by atoms with E-state index in [4.69, 9.17) is 4.74 Å². The molecule has 0 spiro atoms. The number of methoxy groups -OCH3 is 1. The number of para-hydroxylation sites is 1. The lowest BCUT2D eigenvalue weighted by molar-refractivity contribution is -0.0498. The van der Waals surface area contributed by atoms with Gasteiger partial charge in [0.15, 0.2) is 5.69 Å². The number of carbonyl (C=O) groups excluding carboxylic acids is 2. The molecule has 3 aromatic rings. The van der Waals surface area contributed by atoms with Crippen LogP contribution in [0.25, 0.3) is 5.69 Å². The number of nitrogens with one attached hydrogen (secondary N) is 1. The molecule has 0 radical (unpaired) electrons. The van der Waals surface area contributed by atoms with Crippen LogP contribution >= 0.6 is 0 Å². The minimum absolute atomic E-state index is 0.00102. The van der Waals surface area contributed by atoms with Gasteiger partial charge in [0, 0.05) is 0 Å². The van der Waals surface area contributed by atoms with Crippen LogP contribution in [0, 0.1) is 6.92 Å². The molecular formula is C19H16F2N4O4. The molecule has 10 heteroatoms. The van der Waals surface area contributed by atoms with Gasteiger partial charge in [-0.05, 0) is 43.3 Å². The van der Waals surface area contributed by atoms with Crippen molar-refractivity contribution in [3.63, 3.8) is 0 Å². The Bertz CT molecular complexity index is 1030. The lowest BCUT2D eigenvalue weighted by Gasteiger charge is -2.09. The summed E-state index contributed by atoms with van der Waals surface area (Å²) in [5.41, 5.74) is 1.43. The highest BCUT2D eigenvalue weighted by Crippen LogP contribution is 2.20. The number of anilines is 1. The van der Waals surface area contributed by atoms with Crippen LogP contribution in [-0.4, -0.2) is 40.6 Å². The monoisotopic (exact) mass is 402 g/mol. The molecule has 0 fully saturated rings. The SMILES string of the molecule is COC(=O)c1ccccc1NC(=O)c1nnn(-c2ccc(OC(F)F)cc2)c1C. The highest BCUT2D eigenvalue weighted by molar-refractivity contribution is 6.07. The molecule has 0 aliphatic carbocycles. The van der Waals surface area contributed by atoms with E-state index in [0.29, 0.717) is 11.4 Å². The zero-order valence-corrected chi connectivity index (χ0v) is 15.4. The molecule has 0 aliphatic rings. The quantitative estimate of drug-likeness (QED) is 0.636. The van der Waals surface area contributed by atoms with Crippen LogP contribution in [0.15, 0.2) is 48.5 Å². The number of nitrogens with zero attached hydrogens (tertiary/aromatic N) is 3. The number of hydrogen-bond acceptors (Lipinski definition) is 6. The second-order valence-electron chi connectivity index (χ2n) is 5.80. The van der Waals surface area contributed by atoms with Crippen LogP contribution in [0.5, 0.6) is 5.75 Å². The molecule has 1 heterocycles. The van der Waals surface area contributed by atoms with E-state index < -0.39 is 18.5 Å². The van der Waals surface area contributed by atoms with Gasteiger partial charge in [-0.3, -0.25) is 4.79 Å². The van der Waals surface area contributed by atoms with E-state index >= 15 is 0 Å². The predicted octanol–water partition coefficient (Wildman–Crippen LogP) is 3.22. The molecule has 0 saturated carbocycles. The number of esters is 1. The lowest BCUT2D eigenvalue weighted by Crippen LogP contribution is -2.17. The number of rotatable bonds is 6. The van der Waals surface area contributed by atoms with Crippen LogP contribution in [0.2, 0.25) is 0 Å². The normalized spacial score (nSPS) is 10.7. The van der Waals surface area contributed by atoms with Crippen molar-refractivity contribution in [3.05, 3.63) is 65.5 Å². The maximum atomic E-state index is 12.6. The van der Waals surface area contributed by atoms with Crippen LogP contribution in [0.1, 0.15) is 26.5 Å². The van der Waals surface area contributed by atoms with Gasteiger partial charge in [-0.15, -0.1) is 5.10 Å². The summed E-state index contributed by atoms with van der Waals surface area (Å²) in [6, 6.07) is 12.1. The standard InChI is InChI=1S/C19H16F2N4O4/c1-11-16(17(26)22-15-6-4-3-5-14(15)18(27)28-2)23-24-25(11)12-7-9-13(10-8-12)29-19(20)21/h3-10,19H,1-2H3,(H,22,26). The Kier molecular flexibility index (Phi) is 5.82. The van der Waals surface area contributed by atoms with Gasteiger partial charge in [0.05, 0.1) is 29.7 Å². The summed E-state index contributed by atoms with van der Waals surface area (Å²) < 4.78 is 34.9. The van der Waals surface area contributed by atoms with Crippen LogP contribution in [-0.2, 0) is 4.74 Å². The zero-order valence-electron chi connectivity index (χ0n) is 15.4. The number of ether oxygens (including phenoxy) is 2. The zero-order chi connectivity index (χ0) is 21.0. The van der Waals surface area contributed by atoms with E-state index in [9.17, 15) is 18.4 Å². The number of carbonyl (C=O) groups is 2. The smallest absolute Gasteiger partial charge is 0.387 e. The van der Waals surface area contributed by atoms with Gasteiger partial charge in [0.2, 0.25) is 0 Å². The van der Waals surface area contributed by atoms with E-state index in [1.807, 2.05) is 0 Å². The number of amides is 1. The van der Waals surface area contributed by atoms with Crippen LogP contribution in [0.3, 0.4) is 0 Å². The highest BCUT2D eigenvalue weighted by Gasteiger charge is 2.20. The van der Waals surface area contributed by atoms with E-state index in [1.165, 1.54) is 42.1 Å². The third-order valence-electron chi connectivity index (χ3n) is 4.00. The molecule has 3 rings (SSSR count). The van der Waals surface area contributed by atoms with Gasteiger partial charge in [-0.1, -0.05) is 17.3 Å². The van der Waals surface area contributed by atoms with E-state index in [1.54, 1.807) is 25.1 Å². The Balaban J connectivity index is 1.82. The van der Waals surface area contributed by atoms with Crippen LogP contribution in [0.4, 0.5) is 14.5 Å². The molecule has 1 aromatic heterocycles. The topological polar surface area (TPSA) is 95.3 Å². The summed E-state index contributed by atoms with van der Waals surface area (Å²) in [6.07, 6.45) is 0. The van der Waals surface area contributed by atoms with Gasteiger partial charge >= 0.3 is 12.6 Å². The first-order valence-corrected chi connectivity index (χ1v) is 8.37. The molecular weight excluding hydrogens is 386 g/mol. The molecule has 0 saturated heterocycles. The van der Waals surface area contributed by atoms with Crippen molar-refractivity contribution in [1.29, 1.82) is 0 Å². The number of halogens is 2. The largest absolute Gasteiger partial charge is 0.465 e. The molecule has 8 nitrogen and oxygen atoms in total. The Hall–Kier alpha value is -3.82. The first-order valence-electron chi connectivity index (χ1n) is 8.37. The van der Waals surface area contributed by atoms with Crippen molar-refractivity contribution >= 4 is 17.6 Å². The predicted molar refractivity (Wildman–Crippen MR) is 98.5 cm³/mol. The number of aromatic nitrogens is 3. The van der Waals surface area contributed by atoms with Crippen molar-refractivity contribution in [2.75, 3.05) is 12.4 Å². The number of benzene rings is 2. The average molecular weight is 402 g/mol. The van der Waals surface area contributed by atoms with Gasteiger partial charge in [-0.2, -0.15) is 8.78 Å². The molecule has 2 aromatic carbocycles. The summed E-state index contributed by atoms with van der Waals surface area (Å²) in [7, 11) is 1.24. The Morgan fingerprint density at radius 3 is 2.45 bits per heavy atom. The first kappa shape index (κ1) is 19.9. The Morgan fingerprint density at radius 2 is 1.79 bits per heavy atom. The van der Waals surface area contributed by atoms with Crippen molar-refractivity contribution in [2.45, 2.75) is 13.5 Å². The van der Waals surface area contributed by atoms with E-state index in [-0.39, 0.29) is 22.7 Å². The third-order valence-corrected chi connectivity index (χ3v) is 4.00. The Morgan fingerprint density at radius 1 is 1.10 bits per heavy atom. The molecule has 150 valence electrons. The summed E-state index contributed by atoms with van der Waals surface area (Å²) in [6.45, 7) is -1.29. The van der Waals surface area contributed by atoms with Crippen molar-refractivity contribution in [1.82, 2.24) is 15.0 Å². The molecule has 1 N–H and O–H groups in total. The second-order valence-corrected chi connectivity index (χ2v) is 5.80. The molecule has 0 unspecified atom stereocenters. The second kappa shape index (κ2) is 8.46.